The van der Waals surface area contributed by atoms with Crippen LogP contribution in [0.3, 0.4) is 0 Å². The maximum absolute atomic E-state index is 13.4. The molecule has 0 saturated carbocycles. The molecule has 0 aliphatic rings. The molecule has 7 heteroatoms. The number of halogens is 2. The zero-order valence-electron chi connectivity index (χ0n) is 17.4. The summed E-state index contributed by atoms with van der Waals surface area (Å²) in [5, 5.41) is 1.47. The maximum atomic E-state index is 13.4. The van der Waals surface area contributed by atoms with Crippen molar-refractivity contribution < 1.29 is 13.9 Å². The Balaban J connectivity index is 1.60. The molecule has 5 nitrogen and oxygen atoms in total. The lowest BCUT2D eigenvalue weighted by molar-refractivity contribution is 0.0922. The molecule has 0 saturated heterocycles. The summed E-state index contributed by atoms with van der Waals surface area (Å²) in [4.78, 5) is 29.4. The van der Waals surface area contributed by atoms with Crippen molar-refractivity contribution in [3.8, 4) is 17.1 Å². The van der Waals surface area contributed by atoms with Crippen molar-refractivity contribution >= 4 is 50.9 Å². The number of rotatable bonds is 5. The van der Waals surface area contributed by atoms with E-state index in [0.29, 0.717) is 16.1 Å². The number of carbonyl (C=O) groups is 1. The molecular weight excluding hydrogens is 461 g/mol. The third-order valence-corrected chi connectivity index (χ3v) is 5.92. The van der Waals surface area contributed by atoms with E-state index in [1.165, 1.54) is 12.1 Å². The number of Topliss-reactive ketones (excluding diaryl/α,β-unsaturated/α-hetero) is 1. The Labute approximate surface area is 198 Å². The maximum Gasteiger partial charge on any atom is 0.235 e. The Hall–Kier alpha value is -3.54. The largest absolute Gasteiger partial charge is 0.478 e. The highest BCUT2D eigenvalue weighted by Gasteiger charge is 2.22. The van der Waals surface area contributed by atoms with Crippen LogP contribution in [-0.4, -0.2) is 17.4 Å². The second-order valence-corrected chi connectivity index (χ2v) is 8.52. The Morgan fingerprint density at radius 3 is 2.58 bits per heavy atom. The Morgan fingerprint density at radius 2 is 1.79 bits per heavy atom. The van der Waals surface area contributed by atoms with Gasteiger partial charge in [-0.3, -0.25) is 9.59 Å². The second-order valence-electron chi connectivity index (χ2n) is 7.68. The standard InChI is InChI=1S/C26H17Cl2NO4/c1-14-6-8-15(9-7-14)24-26(23(31)18-10-16(27)11-20(28)25(18)33-24)32-13-22(30)19-12-29-21-5-3-2-4-17(19)21/h2-12,29H,13H2,1H3. The first-order chi connectivity index (χ1) is 15.9. The van der Waals surface area contributed by atoms with Crippen LogP contribution in [0.25, 0.3) is 33.2 Å². The Bertz CT molecular complexity index is 1580. The van der Waals surface area contributed by atoms with Crippen LogP contribution in [0.2, 0.25) is 10.0 Å². The lowest BCUT2D eigenvalue weighted by Crippen LogP contribution is -2.17. The van der Waals surface area contributed by atoms with Crippen LogP contribution in [0, 0.1) is 6.92 Å². The number of para-hydroxylation sites is 1. The molecule has 0 radical (unpaired) electrons. The summed E-state index contributed by atoms with van der Waals surface area (Å²) in [6.07, 6.45) is 1.64. The van der Waals surface area contributed by atoms with E-state index < -0.39 is 5.43 Å². The zero-order valence-corrected chi connectivity index (χ0v) is 19.0. The fraction of sp³-hybridized carbons (Fsp3) is 0.0769. The summed E-state index contributed by atoms with van der Waals surface area (Å²) in [6, 6.07) is 17.9. The first-order valence-corrected chi connectivity index (χ1v) is 10.9. The Morgan fingerprint density at radius 1 is 1.03 bits per heavy atom. The van der Waals surface area contributed by atoms with Crippen molar-refractivity contribution in [1.82, 2.24) is 4.98 Å². The normalized spacial score (nSPS) is 11.2. The summed E-state index contributed by atoms with van der Waals surface area (Å²) in [7, 11) is 0. The molecule has 2 heterocycles. The van der Waals surface area contributed by atoms with E-state index in [-0.39, 0.29) is 39.9 Å². The van der Waals surface area contributed by atoms with Gasteiger partial charge in [-0.25, -0.2) is 0 Å². The molecule has 0 aliphatic carbocycles. The minimum atomic E-state index is -0.456. The van der Waals surface area contributed by atoms with E-state index in [2.05, 4.69) is 4.98 Å². The molecule has 0 amide bonds. The predicted molar refractivity (Wildman–Crippen MR) is 131 cm³/mol. The van der Waals surface area contributed by atoms with Gasteiger partial charge in [0, 0.05) is 33.2 Å². The highest BCUT2D eigenvalue weighted by Crippen LogP contribution is 2.35. The van der Waals surface area contributed by atoms with Gasteiger partial charge >= 0.3 is 0 Å². The van der Waals surface area contributed by atoms with E-state index in [9.17, 15) is 9.59 Å². The topological polar surface area (TPSA) is 72.3 Å². The van der Waals surface area contributed by atoms with Crippen LogP contribution in [-0.2, 0) is 0 Å². The molecule has 33 heavy (non-hydrogen) atoms. The molecule has 0 spiro atoms. The molecule has 0 unspecified atom stereocenters. The second kappa shape index (κ2) is 8.43. The number of benzene rings is 3. The third-order valence-electron chi connectivity index (χ3n) is 5.42. The molecule has 5 rings (SSSR count). The van der Waals surface area contributed by atoms with Gasteiger partial charge in [0.25, 0.3) is 0 Å². The summed E-state index contributed by atoms with van der Waals surface area (Å²) >= 11 is 12.4. The van der Waals surface area contributed by atoms with Crippen LogP contribution in [0.1, 0.15) is 15.9 Å². The number of aromatic amines is 1. The van der Waals surface area contributed by atoms with Gasteiger partial charge in [-0.05, 0) is 25.1 Å². The molecule has 5 aromatic rings. The zero-order chi connectivity index (χ0) is 23.1. The summed E-state index contributed by atoms with van der Waals surface area (Å²) in [6.45, 7) is 1.61. The van der Waals surface area contributed by atoms with E-state index in [4.69, 9.17) is 32.4 Å². The average Bonchev–Trinajstić information content (AvgIpc) is 3.23. The van der Waals surface area contributed by atoms with Gasteiger partial charge < -0.3 is 14.1 Å². The van der Waals surface area contributed by atoms with Crippen LogP contribution in [0.5, 0.6) is 5.75 Å². The summed E-state index contributed by atoms with van der Waals surface area (Å²) in [5.41, 5.74) is 2.75. The first-order valence-electron chi connectivity index (χ1n) is 10.2. The van der Waals surface area contributed by atoms with Crippen LogP contribution < -0.4 is 10.2 Å². The van der Waals surface area contributed by atoms with Gasteiger partial charge in [-0.15, -0.1) is 0 Å². The number of nitrogens with one attached hydrogen (secondary N) is 1. The lowest BCUT2D eigenvalue weighted by atomic mass is 10.1. The molecular formula is C26H17Cl2NO4. The van der Waals surface area contributed by atoms with Gasteiger partial charge in [0.1, 0.15) is 0 Å². The fourth-order valence-corrected chi connectivity index (χ4v) is 4.28. The Kier molecular flexibility index (Phi) is 5.44. The van der Waals surface area contributed by atoms with Gasteiger partial charge in [0.2, 0.25) is 17.0 Å². The van der Waals surface area contributed by atoms with E-state index >= 15 is 0 Å². The van der Waals surface area contributed by atoms with Crippen molar-refractivity contribution in [3.63, 3.8) is 0 Å². The number of aromatic nitrogens is 1. The summed E-state index contributed by atoms with van der Waals surface area (Å²) < 4.78 is 11.9. The molecule has 164 valence electrons. The van der Waals surface area contributed by atoms with Crippen LogP contribution in [0.15, 0.2) is 76.1 Å². The van der Waals surface area contributed by atoms with E-state index in [1.54, 1.807) is 6.20 Å². The fourth-order valence-electron chi connectivity index (χ4n) is 3.75. The van der Waals surface area contributed by atoms with Gasteiger partial charge in [-0.2, -0.15) is 0 Å². The van der Waals surface area contributed by atoms with Gasteiger partial charge in [0.05, 0.1) is 10.4 Å². The number of carbonyl (C=O) groups excluding carboxylic acids is 1. The number of ketones is 1. The highest BCUT2D eigenvalue weighted by atomic mass is 35.5. The van der Waals surface area contributed by atoms with Crippen molar-refractivity contribution in [2.45, 2.75) is 6.92 Å². The van der Waals surface area contributed by atoms with Crippen LogP contribution >= 0.6 is 23.2 Å². The van der Waals surface area contributed by atoms with E-state index in [0.717, 1.165) is 16.5 Å². The SMILES string of the molecule is Cc1ccc(-c2oc3c(Cl)cc(Cl)cc3c(=O)c2OCC(=O)c2c[nH]c3ccccc23)cc1. The number of H-pyrrole nitrogens is 1. The minimum Gasteiger partial charge on any atom is -0.478 e. The monoisotopic (exact) mass is 477 g/mol. The molecule has 0 bridgehead atoms. The van der Waals surface area contributed by atoms with Crippen LogP contribution in [0.4, 0.5) is 0 Å². The van der Waals surface area contributed by atoms with E-state index in [1.807, 2.05) is 55.5 Å². The molecule has 2 aromatic heterocycles. The summed E-state index contributed by atoms with van der Waals surface area (Å²) in [5.74, 6) is -0.146. The van der Waals surface area contributed by atoms with Crippen molar-refractivity contribution in [2.75, 3.05) is 6.61 Å². The number of hydrogen-bond acceptors (Lipinski definition) is 4. The predicted octanol–water partition coefficient (Wildman–Crippen LogP) is 6.82. The number of hydrogen-bond donors (Lipinski definition) is 1. The lowest BCUT2D eigenvalue weighted by Gasteiger charge is -2.12. The minimum absolute atomic E-state index is 0.0714. The molecule has 1 N–H and O–H groups in total. The van der Waals surface area contributed by atoms with Crippen molar-refractivity contribution in [2.24, 2.45) is 0 Å². The molecule has 0 atom stereocenters. The quantitative estimate of drug-likeness (QED) is 0.282. The first kappa shape index (κ1) is 21.3. The highest BCUT2D eigenvalue weighted by molar-refractivity contribution is 6.38. The molecule has 0 fully saturated rings. The molecule has 3 aromatic carbocycles. The van der Waals surface area contributed by atoms with Crippen molar-refractivity contribution in [3.05, 3.63) is 98.3 Å². The number of aryl methyl sites for hydroxylation is 1. The number of fused-ring (bicyclic) bond motifs is 2. The molecule has 0 aliphatic heterocycles. The average molecular weight is 478 g/mol. The third kappa shape index (κ3) is 3.90. The smallest absolute Gasteiger partial charge is 0.235 e. The van der Waals surface area contributed by atoms with Crippen molar-refractivity contribution in [1.29, 1.82) is 0 Å². The van der Waals surface area contributed by atoms with Gasteiger partial charge in [-0.1, -0.05) is 71.2 Å². The number of ether oxygens (including phenoxy) is 1. The van der Waals surface area contributed by atoms with Gasteiger partial charge in [0.15, 0.2) is 18.0 Å².